The van der Waals surface area contributed by atoms with Gasteiger partial charge in [-0.3, -0.25) is 4.79 Å². The van der Waals surface area contributed by atoms with Gasteiger partial charge in [-0.2, -0.15) is 0 Å². The second-order valence-electron chi connectivity index (χ2n) is 6.82. The fourth-order valence-electron chi connectivity index (χ4n) is 2.96. The Morgan fingerprint density at radius 2 is 2.00 bits per heavy atom. The molecular formula is C20H21NO5S. The molecule has 0 N–H and O–H groups in total. The van der Waals surface area contributed by atoms with E-state index in [0.717, 1.165) is 4.88 Å². The highest BCUT2D eigenvalue weighted by Crippen LogP contribution is 2.59. The Balaban J connectivity index is 1.52. The summed E-state index contributed by atoms with van der Waals surface area (Å²) < 4.78 is 15.7. The van der Waals surface area contributed by atoms with Crippen LogP contribution in [0.3, 0.4) is 0 Å². The zero-order valence-corrected chi connectivity index (χ0v) is 16.2. The molecule has 142 valence electrons. The first-order valence-electron chi connectivity index (χ1n) is 8.52. The number of carbonyl (C=O) groups is 2. The Morgan fingerprint density at radius 1 is 1.26 bits per heavy atom. The number of hydrogen-bond donors (Lipinski definition) is 0. The summed E-state index contributed by atoms with van der Waals surface area (Å²) in [5, 5.41) is 0.498. The Bertz CT molecular complexity index is 843. The molecule has 0 bridgehead atoms. The molecule has 1 aliphatic carbocycles. The Kier molecular flexibility index (Phi) is 5.60. The molecule has 3 rings (SSSR count). The van der Waals surface area contributed by atoms with Gasteiger partial charge in [0, 0.05) is 12.3 Å². The summed E-state index contributed by atoms with van der Waals surface area (Å²) in [6.45, 7) is 4.10. The molecule has 2 atom stereocenters. The maximum Gasteiger partial charge on any atom is 0.330 e. The lowest BCUT2D eigenvalue weighted by Gasteiger charge is -2.04. The van der Waals surface area contributed by atoms with Crippen LogP contribution in [0.1, 0.15) is 18.7 Å². The Labute approximate surface area is 161 Å². The van der Waals surface area contributed by atoms with Gasteiger partial charge in [0.2, 0.25) is 0 Å². The maximum atomic E-state index is 12.4. The first-order valence-corrected chi connectivity index (χ1v) is 9.34. The van der Waals surface area contributed by atoms with E-state index in [9.17, 15) is 9.59 Å². The van der Waals surface area contributed by atoms with Crippen molar-refractivity contribution in [2.45, 2.75) is 20.5 Å². The van der Waals surface area contributed by atoms with E-state index in [1.54, 1.807) is 12.3 Å². The van der Waals surface area contributed by atoms with E-state index < -0.39 is 5.97 Å². The molecule has 6 nitrogen and oxygen atoms in total. The Morgan fingerprint density at radius 3 is 2.70 bits per heavy atom. The van der Waals surface area contributed by atoms with Gasteiger partial charge in [-0.1, -0.05) is 49.5 Å². The van der Waals surface area contributed by atoms with Gasteiger partial charge in [0.25, 0.3) is 5.19 Å². The monoisotopic (exact) mass is 387 g/mol. The van der Waals surface area contributed by atoms with Gasteiger partial charge in [0.15, 0.2) is 0 Å². The minimum absolute atomic E-state index is 0.0393. The molecule has 0 spiro atoms. The highest BCUT2D eigenvalue weighted by atomic mass is 32.1. The number of thiazole rings is 1. The number of nitrogens with zero attached hydrogens (tertiary/aromatic N) is 1. The lowest BCUT2D eigenvalue weighted by atomic mass is 10.1. The number of methoxy groups -OCH3 is 1. The topological polar surface area (TPSA) is 74.7 Å². The molecule has 0 radical (unpaired) electrons. The summed E-state index contributed by atoms with van der Waals surface area (Å²) in [7, 11) is 1.32. The zero-order chi connectivity index (χ0) is 19.4. The van der Waals surface area contributed by atoms with E-state index in [-0.39, 0.29) is 29.8 Å². The molecule has 7 heteroatoms. The van der Waals surface area contributed by atoms with Crippen molar-refractivity contribution in [2.75, 3.05) is 7.11 Å². The minimum Gasteiger partial charge on any atom is -0.466 e. The molecule has 1 heterocycles. The van der Waals surface area contributed by atoms with Crippen LogP contribution in [0.2, 0.25) is 0 Å². The van der Waals surface area contributed by atoms with Crippen molar-refractivity contribution in [1.29, 1.82) is 0 Å². The second kappa shape index (κ2) is 7.92. The molecule has 27 heavy (non-hydrogen) atoms. The molecule has 1 aliphatic rings. The van der Waals surface area contributed by atoms with Gasteiger partial charge in [-0.25, -0.2) is 9.78 Å². The van der Waals surface area contributed by atoms with Gasteiger partial charge >= 0.3 is 11.9 Å². The van der Waals surface area contributed by atoms with E-state index in [0.29, 0.717) is 10.9 Å². The summed E-state index contributed by atoms with van der Waals surface area (Å²) in [6.07, 6.45) is 4.72. The van der Waals surface area contributed by atoms with E-state index in [1.165, 1.54) is 24.5 Å². The fraction of sp³-hybridized carbons (Fsp3) is 0.350. The molecule has 2 unspecified atom stereocenters. The number of hydrogen-bond acceptors (Lipinski definition) is 7. The van der Waals surface area contributed by atoms with Crippen molar-refractivity contribution < 1.29 is 23.8 Å². The molecule has 0 saturated heterocycles. The average Bonchev–Trinajstić information content (AvgIpc) is 2.98. The minimum atomic E-state index is -0.430. The number of allylic oxidation sites excluding steroid dienone is 1. The first kappa shape index (κ1) is 19.1. The van der Waals surface area contributed by atoms with E-state index in [1.807, 2.05) is 44.2 Å². The fourth-order valence-corrected chi connectivity index (χ4v) is 3.65. The number of rotatable bonds is 7. The van der Waals surface area contributed by atoms with Crippen molar-refractivity contribution in [3.63, 3.8) is 0 Å². The molecule has 1 aromatic carbocycles. The summed E-state index contributed by atoms with van der Waals surface area (Å²) in [4.78, 5) is 28.6. The van der Waals surface area contributed by atoms with Gasteiger partial charge < -0.3 is 14.2 Å². The van der Waals surface area contributed by atoms with Gasteiger partial charge in [0.05, 0.1) is 17.9 Å². The van der Waals surface area contributed by atoms with Gasteiger partial charge in [-0.15, -0.1) is 0 Å². The third-order valence-electron chi connectivity index (χ3n) is 4.64. The van der Waals surface area contributed by atoms with Crippen LogP contribution < -0.4 is 4.74 Å². The van der Waals surface area contributed by atoms with Crippen LogP contribution >= 0.6 is 11.3 Å². The maximum absolute atomic E-state index is 12.4. The number of aromatic nitrogens is 1. The van der Waals surface area contributed by atoms with Crippen LogP contribution in [0.25, 0.3) is 0 Å². The normalized spacial score (nSPS) is 20.3. The van der Waals surface area contributed by atoms with E-state index >= 15 is 0 Å². The molecule has 1 aromatic heterocycles. The molecule has 1 fully saturated rings. The quantitative estimate of drug-likeness (QED) is 0.528. The van der Waals surface area contributed by atoms with Gasteiger partial charge in [-0.05, 0) is 23.5 Å². The number of para-hydroxylation sites is 1. The van der Waals surface area contributed by atoms with E-state index in [4.69, 9.17) is 9.47 Å². The largest absolute Gasteiger partial charge is 0.466 e. The lowest BCUT2D eigenvalue weighted by Crippen LogP contribution is -2.10. The van der Waals surface area contributed by atoms with Crippen LogP contribution in [0.15, 0.2) is 48.7 Å². The number of esters is 2. The third-order valence-corrected chi connectivity index (χ3v) is 5.49. The third kappa shape index (κ3) is 4.54. The predicted octanol–water partition coefficient (Wildman–Crippen LogP) is 3.98. The van der Waals surface area contributed by atoms with Crippen molar-refractivity contribution in [3.8, 4) is 10.9 Å². The van der Waals surface area contributed by atoms with Crippen LogP contribution in [-0.4, -0.2) is 24.0 Å². The Hall–Kier alpha value is -2.67. The van der Waals surface area contributed by atoms with Crippen molar-refractivity contribution in [3.05, 3.63) is 53.6 Å². The average molecular weight is 387 g/mol. The summed E-state index contributed by atoms with van der Waals surface area (Å²) >= 11 is 1.33. The van der Waals surface area contributed by atoms with E-state index in [2.05, 4.69) is 9.72 Å². The lowest BCUT2D eigenvalue weighted by molar-refractivity contribution is -0.147. The van der Waals surface area contributed by atoms with Gasteiger partial charge in [0.1, 0.15) is 12.4 Å². The number of ether oxygens (including phenoxy) is 3. The predicted molar refractivity (Wildman–Crippen MR) is 100 cm³/mol. The standard InChI is InChI=1S/C20H21NO5S/c1-20(2)15(9-10-16(22)24-3)17(20)18(23)25-12-14-11-21-19(27-14)26-13-7-5-4-6-8-13/h4-11,15,17H,12H2,1-3H3. The van der Waals surface area contributed by atoms with Crippen molar-refractivity contribution in [1.82, 2.24) is 4.98 Å². The van der Waals surface area contributed by atoms with Crippen LogP contribution in [-0.2, 0) is 25.7 Å². The number of carbonyl (C=O) groups excluding carboxylic acids is 2. The molecular weight excluding hydrogens is 366 g/mol. The molecule has 1 saturated carbocycles. The van der Waals surface area contributed by atoms with Crippen molar-refractivity contribution in [2.24, 2.45) is 17.3 Å². The summed E-state index contributed by atoms with van der Waals surface area (Å²) in [5.41, 5.74) is -0.239. The smallest absolute Gasteiger partial charge is 0.330 e. The summed E-state index contributed by atoms with van der Waals surface area (Å²) in [5.74, 6) is -0.317. The second-order valence-corrected chi connectivity index (χ2v) is 7.90. The molecule has 0 aliphatic heterocycles. The molecule has 2 aromatic rings. The highest BCUT2D eigenvalue weighted by molar-refractivity contribution is 7.13. The van der Waals surface area contributed by atoms with Crippen molar-refractivity contribution >= 4 is 23.3 Å². The highest BCUT2D eigenvalue weighted by Gasteiger charge is 2.61. The summed E-state index contributed by atoms with van der Waals surface area (Å²) in [6, 6.07) is 9.37. The van der Waals surface area contributed by atoms with Crippen LogP contribution in [0.5, 0.6) is 10.9 Å². The van der Waals surface area contributed by atoms with Crippen LogP contribution in [0, 0.1) is 17.3 Å². The molecule has 0 amide bonds. The SMILES string of the molecule is COC(=O)C=CC1C(C(=O)OCc2cnc(Oc3ccccc3)s2)C1(C)C. The number of benzene rings is 1. The van der Waals surface area contributed by atoms with Crippen LogP contribution in [0.4, 0.5) is 0 Å². The first-order chi connectivity index (χ1) is 12.9. The zero-order valence-electron chi connectivity index (χ0n) is 15.4.